The Morgan fingerprint density at radius 1 is 1.12 bits per heavy atom. The van der Waals surface area contributed by atoms with Gasteiger partial charge in [0.05, 0.1) is 0 Å². The lowest BCUT2D eigenvalue weighted by atomic mass is 10.2. The molecule has 1 fully saturated rings. The number of piperazine rings is 1. The van der Waals surface area contributed by atoms with E-state index in [2.05, 4.69) is 10.6 Å². The van der Waals surface area contributed by atoms with E-state index < -0.39 is 0 Å². The summed E-state index contributed by atoms with van der Waals surface area (Å²) in [5.74, 6) is 0.0522. The van der Waals surface area contributed by atoms with Crippen LogP contribution in [0.25, 0.3) is 0 Å². The number of hydrogen-bond donors (Lipinski definition) is 4. The van der Waals surface area contributed by atoms with E-state index in [0.717, 1.165) is 39.1 Å². The molecule has 1 heterocycles. The van der Waals surface area contributed by atoms with E-state index >= 15 is 0 Å². The number of anilines is 1. The van der Waals surface area contributed by atoms with Crippen molar-refractivity contribution in [3.8, 4) is 0 Å². The first-order valence-corrected chi connectivity index (χ1v) is 9.86. The molecule has 0 radical (unpaired) electrons. The number of quaternary nitrogens is 2. The summed E-state index contributed by atoms with van der Waals surface area (Å²) in [5, 5.41) is 6.79. The second-order valence-corrected chi connectivity index (χ2v) is 7.68. The summed E-state index contributed by atoms with van der Waals surface area (Å²) < 4.78 is 0. The highest BCUT2D eigenvalue weighted by molar-refractivity contribution is 6.35. The third-order valence-electron chi connectivity index (χ3n) is 4.72. The molecule has 144 valence electrons. The van der Waals surface area contributed by atoms with Crippen molar-refractivity contribution in [2.24, 2.45) is 0 Å². The second-order valence-electron chi connectivity index (χ2n) is 6.80. The summed E-state index contributed by atoms with van der Waals surface area (Å²) >= 11 is 11.9. The van der Waals surface area contributed by atoms with Crippen LogP contribution in [0, 0.1) is 0 Å². The highest BCUT2D eigenvalue weighted by Gasteiger charge is 2.31. The molecule has 1 aliphatic rings. The molecule has 0 aromatic heterocycles. The van der Waals surface area contributed by atoms with Crippen LogP contribution in [0.3, 0.4) is 0 Å². The zero-order valence-electron chi connectivity index (χ0n) is 15.3. The minimum absolute atomic E-state index is 0.0533. The molecule has 0 spiro atoms. The van der Waals surface area contributed by atoms with Crippen LogP contribution in [0.4, 0.5) is 5.69 Å². The van der Waals surface area contributed by atoms with Crippen LogP contribution in [-0.4, -0.2) is 57.1 Å². The monoisotopic (exact) mass is 402 g/mol. The van der Waals surface area contributed by atoms with Crippen molar-refractivity contribution in [3.63, 3.8) is 0 Å². The Balaban J connectivity index is 1.80. The van der Waals surface area contributed by atoms with Gasteiger partial charge >= 0.3 is 0 Å². The minimum Gasteiger partial charge on any atom is -0.351 e. The topological polar surface area (TPSA) is 67.1 Å². The molecule has 0 unspecified atom stereocenters. The van der Waals surface area contributed by atoms with Crippen LogP contribution < -0.4 is 20.4 Å². The molecule has 0 saturated carbocycles. The van der Waals surface area contributed by atoms with Gasteiger partial charge in [-0.25, -0.2) is 0 Å². The third kappa shape index (κ3) is 6.43. The van der Waals surface area contributed by atoms with E-state index in [1.165, 1.54) is 9.80 Å². The zero-order chi connectivity index (χ0) is 19.1. The molecule has 1 aromatic rings. The van der Waals surface area contributed by atoms with Gasteiger partial charge in [0.25, 0.3) is 11.8 Å². The molecule has 8 heteroatoms. The van der Waals surface area contributed by atoms with Gasteiger partial charge in [-0.15, -0.1) is 0 Å². The van der Waals surface area contributed by atoms with Crippen molar-refractivity contribution in [2.45, 2.75) is 26.3 Å². The maximum Gasteiger partial charge on any atom is 0.282 e. The third-order valence-corrected chi connectivity index (χ3v) is 5.15. The molecule has 6 nitrogen and oxygen atoms in total. The van der Waals surface area contributed by atoms with Gasteiger partial charge in [-0.05, 0) is 31.5 Å². The maximum absolute atomic E-state index is 12.5. The summed E-state index contributed by atoms with van der Waals surface area (Å²) in [6.45, 7) is 8.70. The quantitative estimate of drug-likeness (QED) is 0.502. The van der Waals surface area contributed by atoms with Crippen LogP contribution in [0.2, 0.25) is 10.0 Å². The Morgan fingerprint density at radius 3 is 2.31 bits per heavy atom. The fourth-order valence-electron chi connectivity index (χ4n) is 3.15. The van der Waals surface area contributed by atoms with Gasteiger partial charge in [-0.2, -0.15) is 0 Å². The fourth-order valence-corrected chi connectivity index (χ4v) is 3.68. The molecule has 0 aliphatic carbocycles. The molecule has 2 amide bonds. The standard InChI is InChI=1S/C18H26Cl2N4O2/c1-3-4-21-17(25)12-23-5-7-24(8-6-23)13(2)18(26)22-16-10-14(19)9-15(20)11-16/h9-11,13H,3-8,12H2,1-2H3,(H,21,25)(H,22,26)/p+2/t13-/m0/s1. The smallest absolute Gasteiger partial charge is 0.282 e. The number of benzene rings is 1. The number of carbonyl (C=O) groups excluding carboxylic acids is 2. The van der Waals surface area contributed by atoms with Gasteiger partial charge in [-0.1, -0.05) is 30.1 Å². The molecule has 4 N–H and O–H groups in total. The summed E-state index contributed by atoms with van der Waals surface area (Å²) in [5.41, 5.74) is 0.607. The van der Waals surface area contributed by atoms with E-state index in [4.69, 9.17) is 23.2 Å². The van der Waals surface area contributed by atoms with Crippen molar-refractivity contribution in [3.05, 3.63) is 28.2 Å². The summed E-state index contributed by atoms with van der Waals surface area (Å²) in [6.07, 6.45) is 0.948. The number of nitrogens with one attached hydrogen (secondary N) is 4. The van der Waals surface area contributed by atoms with E-state index in [-0.39, 0.29) is 17.9 Å². The highest BCUT2D eigenvalue weighted by Crippen LogP contribution is 2.22. The number of amides is 2. The van der Waals surface area contributed by atoms with Gasteiger partial charge in [0.15, 0.2) is 12.6 Å². The normalized spacial score (nSPS) is 21.1. The van der Waals surface area contributed by atoms with Crippen LogP contribution in [-0.2, 0) is 9.59 Å². The molecule has 26 heavy (non-hydrogen) atoms. The zero-order valence-corrected chi connectivity index (χ0v) is 16.8. The summed E-state index contributed by atoms with van der Waals surface area (Å²) in [6, 6.07) is 4.82. The predicted molar refractivity (Wildman–Crippen MR) is 104 cm³/mol. The Kier molecular flexibility index (Phi) is 8.15. The SMILES string of the molecule is CCCNC(=O)C[NH+]1CC[NH+]([C@@H](C)C(=O)Nc2cc(Cl)cc(Cl)c2)CC1. The van der Waals surface area contributed by atoms with Crippen LogP contribution >= 0.6 is 23.2 Å². The van der Waals surface area contributed by atoms with E-state index in [1.807, 2.05) is 13.8 Å². The first-order valence-electron chi connectivity index (χ1n) is 9.10. The first kappa shape index (κ1) is 21.0. The number of rotatable bonds is 7. The largest absolute Gasteiger partial charge is 0.351 e. The van der Waals surface area contributed by atoms with Crippen molar-refractivity contribution in [1.82, 2.24) is 5.32 Å². The molecule has 0 bridgehead atoms. The molecule has 2 rings (SSSR count). The van der Waals surface area contributed by atoms with Crippen LogP contribution in [0.5, 0.6) is 0 Å². The molecular formula is C18H28Cl2N4O2+2. The van der Waals surface area contributed by atoms with Crippen molar-refractivity contribution >= 4 is 40.7 Å². The molecule has 1 aliphatic heterocycles. The lowest BCUT2D eigenvalue weighted by Crippen LogP contribution is -3.30. The van der Waals surface area contributed by atoms with Gasteiger partial charge in [0.2, 0.25) is 0 Å². The van der Waals surface area contributed by atoms with E-state index in [1.54, 1.807) is 18.2 Å². The fraction of sp³-hybridized carbons (Fsp3) is 0.556. The Labute approximate surface area is 164 Å². The average molecular weight is 403 g/mol. The lowest BCUT2D eigenvalue weighted by molar-refractivity contribution is -1.01. The lowest BCUT2D eigenvalue weighted by Gasteiger charge is -2.32. The second kappa shape index (κ2) is 10.1. The number of halogens is 2. The molecule has 1 aromatic carbocycles. The molecule has 1 atom stereocenters. The van der Waals surface area contributed by atoms with Crippen molar-refractivity contribution < 1.29 is 19.4 Å². The number of carbonyl (C=O) groups is 2. The van der Waals surface area contributed by atoms with E-state index in [0.29, 0.717) is 22.3 Å². The maximum atomic E-state index is 12.5. The van der Waals surface area contributed by atoms with Gasteiger partial charge in [0, 0.05) is 22.3 Å². The minimum atomic E-state index is -0.178. The Bertz CT molecular complexity index is 613. The summed E-state index contributed by atoms with van der Waals surface area (Å²) in [7, 11) is 0. The summed E-state index contributed by atoms with van der Waals surface area (Å²) in [4.78, 5) is 26.9. The molecular weight excluding hydrogens is 375 g/mol. The van der Waals surface area contributed by atoms with Crippen LogP contribution in [0.15, 0.2) is 18.2 Å². The van der Waals surface area contributed by atoms with Crippen molar-refractivity contribution in [1.29, 1.82) is 0 Å². The van der Waals surface area contributed by atoms with Gasteiger partial charge < -0.3 is 20.4 Å². The van der Waals surface area contributed by atoms with Gasteiger partial charge in [-0.3, -0.25) is 9.59 Å². The van der Waals surface area contributed by atoms with Crippen LogP contribution in [0.1, 0.15) is 20.3 Å². The van der Waals surface area contributed by atoms with Crippen molar-refractivity contribution in [2.75, 3.05) is 44.6 Å². The first-order chi connectivity index (χ1) is 12.4. The van der Waals surface area contributed by atoms with Gasteiger partial charge in [0.1, 0.15) is 26.2 Å². The molecule has 1 saturated heterocycles. The highest BCUT2D eigenvalue weighted by atomic mass is 35.5. The predicted octanol–water partition coefficient (Wildman–Crippen LogP) is -0.370. The van der Waals surface area contributed by atoms with E-state index in [9.17, 15) is 9.59 Å². The Morgan fingerprint density at radius 2 is 1.73 bits per heavy atom. The number of hydrogen-bond acceptors (Lipinski definition) is 2. The Hall–Kier alpha value is -1.34. The average Bonchev–Trinajstić information content (AvgIpc) is 2.59.